The van der Waals surface area contributed by atoms with Crippen molar-refractivity contribution in [3.63, 3.8) is 0 Å². The summed E-state index contributed by atoms with van der Waals surface area (Å²) >= 11 is 0. The molecular weight excluding hydrogens is 216 g/mol. The van der Waals surface area contributed by atoms with Crippen LogP contribution in [0, 0.1) is 0 Å². The minimum Gasteiger partial charge on any atom is -0.507 e. The van der Waals surface area contributed by atoms with Gasteiger partial charge in [0.1, 0.15) is 16.9 Å². The van der Waals surface area contributed by atoms with Crippen LogP contribution in [-0.4, -0.2) is 19.8 Å². The van der Waals surface area contributed by atoms with Gasteiger partial charge in [-0.3, -0.25) is 4.79 Å². The third-order valence-electron chi connectivity index (χ3n) is 1.38. The van der Waals surface area contributed by atoms with Crippen molar-refractivity contribution in [1.82, 2.24) is 0 Å². The van der Waals surface area contributed by atoms with Crippen molar-refractivity contribution >= 4 is 26.0 Å². The summed E-state index contributed by atoms with van der Waals surface area (Å²) in [6, 6.07) is 3.39. The van der Waals surface area contributed by atoms with Gasteiger partial charge in [-0.2, -0.15) is 0 Å². The van der Waals surface area contributed by atoms with E-state index in [0.717, 1.165) is 12.1 Å². The Kier molecular flexibility index (Phi) is 2.58. The molecule has 4 nitrogen and oxygen atoms in total. The predicted octanol–water partition coefficient (Wildman–Crippen LogP) is 1.13. The maximum absolute atomic E-state index is 10.8. The molecule has 0 amide bonds. The molecule has 6 heteroatoms. The van der Waals surface area contributed by atoms with Crippen LogP contribution in [0.4, 0.5) is 0 Å². The first-order valence-electron chi connectivity index (χ1n) is 3.18. The Morgan fingerprint density at radius 3 is 2.46 bits per heavy atom. The molecule has 1 aromatic rings. The molecule has 13 heavy (non-hydrogen) atoms. The van der Waals surface area contributed by atoms with E-state index in [4.69, 9.17) is 15.8 Å². The van der Waals surface area contributed by atoms with E-state index in [1.165, 1.54) is 6.07 Å². The fraction of sp³-hybridized carbons (Fsp3) is 0. The lowest BCUT2D eigenvalue weighted by molar-refractivity contribution is 0.112. The molecular formula is C7H5ClO4S. The Bertz CT molecular complexity index is 438. The Labute approximate surface area is 79.2 Å². The first-order valence-corrected chi connectivity index (χ1v) is 5.49. The molecule has 0 aromatic heterocycles. The molecule has 1 rings (SSSR count). The van der Waals surface area contributed by atoms with Gasteiger partial charge in [0.25, 0.3) is 9.05 Å². The number of carbonyl (C=O) groups excluding carboxylic acids is 1. The molecule has 0 aliphatic rings. The topological polar surface area (TPSA) is 71.4 Å². The van der Waals surface area contributed by atoms with E-state index < -0.39 is 19.7 Å². The van der Waals surface area contributed by atoms with Crippen molar-refractivity contribution in [3.8, 4) is 5.75 Å². The maximum atomic E-state index is 10.8. The molecule has 0 fully saturated rings. The van der Waals surface area contributed by atoms with Crippen molar-refractivity contribution in [2.24, 2.45) is 0 Å². The second-order valence-electron chi connectivity index (χ2n) is 2.28. The number of benzene rings is 1. The van der Waals surface area contributed by atoms with Crippen molar-refractivity contribution < 1.29 is 18.3 Å². The summed E-state index contributed by atoms with van der Waals surface area (Å²) in [5.41, 5.74) is 0.136. The third kappa shape index (κ3) is 2.19. The summed E-state index contributed by atoms with van der Waals surface area (Å²) in [6.45, 7) is 0. The molecule has 0 unspecified atom stereocenters. The fourth-order valence-corrected chi connectivity index (χ4v) is 1.76. The highest BCUT2D eigenvalue weighted by Crippen LogP contribution is 2.26. The van der Waals surface area contributed by atoms with Crippen LogP contribution in [0.2, 0.25) is 0 Å². The van der Waals surface area contributed by atoms with Gasteiger partial charge in [-0.05, 0) is 18.2 Å². The number of aldehydes is 1. The Morgan fingerprint density at radius 1 is 1.38 bits per heavy atom. The van der Waals surface area contributed by atoms with Gasteiger partial charge in [0, 0.05) is 16.2 Å². The van der Waals surface area contributed by atoms with Gasteiger partial charge in [-0.1, -0.05) is 0 Å². The van der Waals surface area contributed by atoms with Crippen LogP contribution in [-0.2, 0) is 9.05 Å². The minimum atomic E-state index is -4.00. The molecule has 1 N–H and O–H groups in total. The maximum Gasteiger partial charge on any atom is 0.264 e. The Balaban J connectivity index is 3.44. The van der Waals surface area contributed by atoms with Gasteiger partial charge in [0.15, 0.2) is 0 Å². The predicted molar refractivity (Wildman–Crippen MR) is 46.5 cm³/mol. The average Bonchev–Trinajstić information content (AvgIpc) is 2.03. The van der Waals surface area contributed by atoms with Crippen LogP contribution < -0.4 is 0 Å². The highest BCUT2D eigenvalue weighted by Gasteiger charge is 2.15. The summed E-state index contributed by atoms with van der Waals surface area (Å²) in [5, 5.41) is 9.09. The summed E-state index contributed by atoms with van der Waals surface area (Å²) < 4.78 is 21.6. The van der Waals surface area contributed by atoms with Crippen LogP contribution in [0.25, 0.3) is 0 Å². The van der Waals surface area contributed by atoms with Crippen LogP contribution in [0.15, 0.2) is 23.1 Å². The van der Waals surface area contributed by atoms with Crippen LogP contribution in [0.1, 0.15) is 10.4 Å². The molecule has 1 aromatic carbocycles. The Hall–Kier alpha value is -1.07. The number of hydrogen-bond acceptors (Lipinski definition) is 4. The molecule has 0 radical (unpaired) electrons. The molecule has 0 saturated heterocycles. The number of halogens is 1. The van der Waals surface area contributed by atoms with Crippen LogP contribution in [0.3, 0.4) is 0 Å². The highest BCUT2D eigenvalue weighted by molar-refractivity contribution is 8.13. The molecule has 0 spiro atoms. The second-order valence-corrected chi connectivity index (χ2v) is 4.82. The van der Waals surface area contributed by atoms with Crippen molar-refractivity contribution in [2.75, 3.05) is 0 Å². The van der Waals surface area contributed by atoms with E-state index in [1.54, 1.807) is 0 Å². The number of aromatic hydroxyl groups is 1. The lowest BCUT2D eigenvalue weighted by Gasteiger charge is -1.99. The Morgan fingerprint density at radius 2 is 2.00 bits per heavy atom. The van der Waals surface area contributed by atoms with E-state index in [1.807, 2.05) is 0 Å². The van der Waals surface area contributed by atoms with Gasteiger partial charge in [0.05, 0.1) is 0 Å². The first kappa shape index (κ1) is 10.0. The molecule has 0 atom stereocenters. The number of phenolic OH excluding ortho intramolecular Hbond substituents is 1. The zero-order valence-corrected chi connectivity index (χ0v) is 7.84. The van der Waals surface area contributed by atoms with Crippen LogP contribution in [0.5, 0.6) is 5.75 Å². The zero-order chi connectivity index (χ0) is 10.1. The molecule has 70 valence electrons. The number of phenols is 1. The molecule has 0 aliphatic heterocycles. The monoisotopic (exact) mass is 220 g/mol. The van der Waals surface area contributed by atoms with Gasteiger partial charge < -0.3 is 5.11 Å². The number of carbonyl (C=O) groups is 1. The minimum absolute atomic E-state index is 0.136. The standard InChI is InChI=1S/C7H5ClO4S/c8-13(11,12)7-3-5(4-9)1-2-6(7)10/h1-4,10H. The SMILES string of the molecule is O=Cc1ccc(O)c(S(=O)(=O)Cl)c1. The number of rotatable bonds is 2. The van der Waals surface area contributed by atoms with E-state index in [9.17, 15) is 13.2 Å². The van der Waals surface area contributed by atoms with E-state index >= 15 is 0 Å². The third-order valence-corrected chi connectivity index (χ3v) is 2.73. The lowest BCUT2D eigenvalue weighted by Crippen LogP contribution is -1.93. The van der Waals surface area contributed by atoms with Crippen molar-refractivity contribution in [1.29, 1.82) is 0 Å². The summed E-state index contributed by atoms with van der Waals surface area (Å²) in [6.07, 6.45) is 0.463. The smallest absolute Gasteiger partial charge is 0.264 e. The van der Waals surface area contributed by atoms with E-state index in [-0.39, 0.29) is 5.56 Å². The van der Waals surface area contributed by atoms with Crippen molar-refractivity contribution in [3.05, 3.63) is 23.8 Å². The van der Waals surface area contributed by atoms with Gasteiger partial charge in [-0.15, -0.1) is 0 Å². The summed E-state index contributed by atoms with van der Waals surface area (Å²) in [4.78, 5) is 9.82. The van der Waals surface area contributed by atoms with Gasteiger partial charge >= 0.3 is 0 Å². The second kappa shape index (κ2) is 3.35. The first-order chi connectivity index (χ1) is 5.95. The quantitative estimate of drug-likeness (QED) is 0.599. The van der Waals surface area contributed by atoms with E-state index in [0.29, 0.717) is 6.29 Å². The molecule has 0 heterocycles. The zero-order valence-electron chi connectivity index (χ0n) is 6.27. The molecule has 0 aliphatic carbocycles. The lowest BCUT2D eigenvalue weighted by atomic mass is 10.2. The van der Waals surface area contributed by atoms with E-state index in [2.05, 4.69) is 0 Å². The summed E-state index contributed by atoms with van der Waals surface area (Å²) in [5.74, 6) is -0.472. The summed E-state index contributed by atoms with van der Waals surface area (Å²) in [7, 11) is 0.986. The van der Waals surface area contributed by atoms with Gasteiger partial charge in [0.2, 0.25) is 0 Å². The fourth-order valence-electron chi connectivity index (χ4n) is 0.799. The largest absolute Gasteiger partial charge is 0.507 e. The van der Waals surface area contributed by atoms with Crippen molar-refractivity contribution in [2.45, 2.75) is 4.90 Å². The number of hydrogen-bond donors (Lipinski definition) is 1. The normalized spacial score (nSPS) is 11.2. The van der Waals surface area contributed by atoms with Gasteiger partial charge in [-0.25, -0.2) is 8.42 Å². The molecule has 0 bridgehead atoms. The molecule has 0 saturated carbocycles. The highest BCUT2D eigenvalue weighted by atomic mass is 35.7. The van der Waals surface area contributed by atoms with Crippen LogP contribution >= 0.6 is 10.7 Å². The average molecular weight is 221 g/mol.